The molecule has 0 radical (unpaired) electrons. The third-order valence-corrected chi connectivity index (χ3v) is 5.55. The zero-order chi connectivity index (χ0) is 18.9. The maximum Gasteiger partial charge on any atom is 0.189 e. The normalized spacial score (nSPS) is 27.4. The van der Waals surface area contributed by atoms with Gasteiger partial charge in [0.05, 0.1) is 23.9 Å². The van der Waals surface area contributed by atoms with Gasteiger partial charge in [-0.15, -0.1) is 0 Å². The zero-order valence-corrected chi connectivity index (χ0v) is 14.4. The van der Waals surface area contributed by atoms with Crippen LogP contribution < -0.4 is 0 Å². The Morgan fingerprint density at radius 2 is 1.96 bits per heavy atom. The number of rotatable bonds is 2. The molecule has 1 aromatic rings. The number of benzene rings is 1. The predicted octanol–water partition coefficient (Wildman–Crippen LogP) is 2.99. The van der Waals surface area contributed by atoms with E-state index >= 15 is 0 Å². The highest BCUT2D eigenvalue weighted by atomic mass is 19.1. The van der Waals surface area contributed by atoms with Crippen LogP contribution in [0.2, 0.25) is 0 Å². The summed E-state index contributed by atoms with van der Waals surface area (Å²) in [7, 11) is 0. The molecule has 0 amide bonds. The second-order valence-corrected chi connectivity index (χ2v) is 6.67. The van der Waals surface area contributed by atoms with Gasteiger partial charge in [0.15, 0.2) is 5.41 Å². The minimum absolute atomic E-state index is 0.245. The lowest BCUT2D eigenvalue weighted by Gasteiger charge is -2.47. The molecule has 1 unspecified atom stereocenters. The Balaban J connectivity index is 2.28. The van der Waals surface area contributed by atoms with Crippen LogP contribution in [0.15, 0.2) is 35.9 Å². The quantitative estimate of drug-likeness (QED) is 0.831. The molecular formula is C20H18FN5. The standard InChI is InChI=1S/C20H18FN5/c1-2-26-8-7-13-15(9-22)19(25)20(11-23,12-24)18(16(13)10-26)14-5-3-4-6-17(14)21/h3-7,15-16,18,25H,2,8,10H2,1H3/t15?,16-,18-/m0/s1. The van der Waals surface area contributed by atoms with E-state index in [1.165, 1.54) is 6.07 Å². The summed E-state index contributed by atoms with van der Waals surface area (Å²) in [5.74, 6) is -2.60. The Labute approximate surface area is 152 Å². The number of halogens is 1. The minimum atomic E-state index is -1.86. The fourth-order valence-electron chi connectivity index (χ4n) is 4.20. The first-order valence-corrected chi connectivity index (χ1v) is 8.51. The number of nitrogens with one attached hydrogen (secondary N) is 1. The number of likely N-dealkylation sites (N-methyl/N-ethyl adjacent to an activating group) is 1. The molecule has 130 valence electrons. The van der Waals surface area contributed by atoms with E-state index in [4.69, 9.17) is 5.41 Å². The molecule has 26 heavy (non-hydrogen) atoms. The molecule has 0 saturated heterocycles. The molecule has 5 nitrogen and oxygen atoms in total. The largest absolute Gasteiger partial charge is 0.305 e. The third kappa shape index (κ3) is 2.41. The van der Waals surface area contributed by atoms with Gasteiger partial charge in [-0.05, 0) is 23.7 Å². The van der Waals surface area contributed by atoms with Crippen LogP contribution in [0.3, 0.4) is 0 Å². The number of hydrogen-bond acceptors (Lipinski definition) is 5. The van der Waals surface area contributed by atoms with Crippen LogP contribution in [-0.2, 0) is 0 Å². The lowest BCUT2D eigenvalue weighted by molar-refractivity contribution is 0.209. The van der Waals surface area contributed by atoms with Crippen molar-refractivity contribution in [1.29, 1.82) is 21.2 Å². The van der Waals surface area contributed by atoms with E-state index in [1.54, 1.807) is 18.2 Å². The molecule has 1 fully saturated rings. The van der Waals surface area contributed by atoms with Crippen molar-refractivity contribution in [3.63, 3.8) is 0 Å². The topological polar surface area (TPSA) is 98.5 Å². The van der Waals surface area contributed by atoms with E-state index < -0.39 is 23.1 Å². The average molecular weight is 347 g/mol. The van der Waals surface area contributed by atoms with Gasteiger partial charge in [0.2, 0.25) is 0 Å². The third-order valence-electron chi connectivity index (χ3n) is 5.55. The summed E-state index contributed by atoms with van der Waals surface area (Å²) in [4.78, 5) is 2.13. The maximum atomic E-state index is 14.6. The van der Waals surface area contributed by atoms with Crippen molar-refractivity contribution in [2.45, 2.75) is 12.8 Å². The van der Waals surface area contributed by atoms with Gasteiger partial charge in [-0.1, -0.05) is 31.2 Å². The molecule has 1 N–H and O–H groups in total. The van der Waals surface area contributed by atoms with E-state index in [0.717, 1.165) is 12.1 Å². The molecule has 0 aromatic heterocycles. The molecule has 0 bridgehead atoms. The number of hydrogen-bond donors (Lipinski definition) is 1. The van der Waals surface area contributed by atoms with Gasteiger partial charge in [-0.3, -0.25) is 4.90 Å². The molecule has 2 aliphatic rings. The van der Waals surface area contributed by atoms with Crippen molar-refractivity contribution in [2.75, 3.05) is 19.6 Å². The molecule has 3 rings (SSSR count). The summed E-state index contributed by atoms with van der Waals surface area (Å²) in [5.41, 5.74) is -1.12. The number of nitriles is 3. The summed E-state index contributed by atoms with van der Waals surface area (Å²) < 4.78 is 14.6. The minimum Gasteiger partial charge on any atom is -0.305 e. The summed E-state index contributed by atoms with van der Waals surface area (Å²) in [6.45, 7) is 3.94. The van der Waals surface area contributed by atoms with Crippen LogP contribution in [0.1, 0.15) is 18.4 Å². The Morgan fingerprint density at radius 3 is 2.54 bits per heavy atom. The molecule has 1 aliphatic carbocycles. The van der Waals surface area contributed by atoms with Crippen LogP contribution in [0, 0.1) is 62.5 Å². The number of fused-ring (bicyclic) bond motifs is 1. The van der Waals surface area contributed by atoms with Gasteiger partial charge < -0.3 is 5.41 Å². The lowest BCUT2D eigenvalue weighted by Crippen LogP contribution is -2.53. The molecule has 1 saturated carbocycles. The van der Waals surface area contributed by atoms with Crippen molar-refractivity contribution < 1.29 is 4.39 Å². The highest BCUT2D eigenvalue weighted by Crippen LogP contribution is 2.53. The van der Waals surface area contributed by atoms with Crippen LogP contribution in [0.4, 0.5) is 4.39 Å². The first kappa shape index (κ1) is 17.8. The lowest BCUT2D eigenvalue weighted by atomic mass is 9.54. The van der Waals surface area contributed by atoms with Crippen LogP contribution >= 0.6 is 0 Å². The SMILES string of the molecule is CCN1CC=C2C(C#N)C(=N)C(C#N)(C#N)[C@@H](c3ccccc3F)[C@H]2C1. The van der Waals surface area contributed by atoms with Crippen LogP contribution in [0.5, 0.6) is 0 Å². The van der Waals surface area contributed by atoms with Crippen LogP contribution in [-0.4, -0.2) is 30.2 Å². The van der Waals surface area contributed by atoms with E-state index in [1.807, 2.05) is 25.1 Å². The first-order valence-electron chi connectivity index (χ1n) is 8.51. The highest BCUT2D eigenvalue weighted by Gasteiger charge is 2.58. The second kappa shape index (κ2) is 6.71. The molecule has 1 aliphatic heterocycles. The second-order valence-electron chi connectivity index (χ2n) is 6.67. The van der Waals surface area contributed by atoms with Gasteiger partial charge in [0.1, 0.15) is 11.7 Å². The summed E-state index contributed by atoms with van der Waals surface area (Å²) in [6.07, 6.45) is 1.91. The van der Waals surface area contributed by atoms with Crippen molar-refractivity contribution in [1.82, 2.24) is 4.90 Å². The summed E-state index contributed by atoms with van der Waals surface area (Å²) in [6, 6.07) is 12.1. The van der Waals surface area contributed by atoms with E-state index in [0.29, 0.717) is 13.1 Å². The van der Waals surface area contributed by atoms with Gasteiger partial charge in [0, 0.05) is 24.9 Å². The molecular weight excluding hydrogens is 329 g/mol. The maximum absolute atomic E-state index is 14.6. The van der Waals surface area contributed by atoms with Crippen molar-refractivity contribution >= 4 is 5.71 Å². The molecule has 3 atom stereocenters. The molecule has 0 spiro atoms. The fourth-order valence-corrected chi connectivity index (χ4v) is 4.20. The predicted molar refractivity (Wildman–Crippen MR) is 93.3 cm³/mol. The Hall–Kier alpha value is -3.01. The molecule has 1 heterocycles. The summed E-state index contributed by atoms with van der Waals surface area (Å²) >= 11 is 0. The molecule has 1 aromatic carbocycles. The fraction of sp³-hybridized carbons (Fsp3) is 0.400. The van der Waals surface area contributed by atoms with Gasteiger partial charge in [0.25, 0.3) is 0 Å². The van der Waals surface area contributed by atoms with Gasteiger partial charge >= 0.3 is 0 Å². The number of nitrogens with zero attached hydrogens (tertiary/aromatic N) is 4. The molecule has 6 heteroatoms. The average Bonchev–Trinajstić information content (AvgIpc) is 2.67. The first-order chi connectivity index (χ1) is 12.5. The van der Waals surface area contributed by atoms with E-state index in [9.17, 15) is 20.2 Å². The highest BCUT2D eigenvalue weighted by molar-refractivity contribution is 6.00. The Bertz CT molecular complexity index is 884. The monoisotopic (exact) mass is 347 g/mol. The van der Waals surface area contributed by atoms with Crippen molar-refractivity contribution in [2.24, 2.45) is 17.3 Å². The zero-order valence-electron chi connectivity index (χ0n) is 14.4. The smallest absolute Gasteiger partial charge is 0.189 e. The Morgan fingerprint density at radius 1 is 1.27 bits per heavy atom. The van der Waals surface area contributed by atoms with Crippen molar-refractivity contribution in [3.05, 3.63) is 47.3 Å². The van der Waals surface area contributed by atoms with Crippen molar-refractivity contribution in [3.8, 4) is 18.2 Å². The van der Waals surface area contributed by atoms with Gasteiger partial charge in [-0.25, -0.2) is 4.39 Å². The van der Waals surface area contributed by atoms with E-state index in [-0.39, 0.29) is 17.2 Å². The van der Waals surface area contributed by atoms with Crippen LogP contribution in [0.25, 0.3) is 0 Å². The van der Waals surface area contributed by atoms with Gasteiger partial charge in [-0.2, -0.15) is 15.8 Å². The van der Waals surface area contributed by atoms with E-state index in [2.05, 4.69) is 11.0 Å². The Kier molecular flexibility index (Phi) is 4.60. The summed E-state index contributed by atoms with van der Waals surface area (Å²) in [5, 5.41) is 37.9.